The second-order valence-electron chi connectivity index (χ2n) is 1.89. The van der Waals surface area contributed by atoms with Crippen molar-refractivity contribution < 1.29 is 0 Å². The first-order valence-electron chi connectivity index (χ1n) is 3.95. The molecule has 1 aromatic rings. The minimum Gasteiger partial charge on any atom is -0.291 e. The van der Waals surface area contributed by atoms with Gasteiger partial charge in [-0.3, -0.25) is 5.41 Å². The van der Waals surface area contributed by atoms with Crippen LogP contribution < -0.4 is 0 Å². The summed E-state index contributed by atoms with van der Waals surface area (Å²) in [5, 5.41) is 7.24. The van der Waals surface area contributed by atoms with Crippen LogP contribution in [0.15, 0.2) is 30.3 Å². The molecule has 0 aliphatic carbocycles. The van der Waals surface area contributed by atoms with Crippen LogP contribution in [0.1, 0.15) is 19.4 Å². The Bertz CT molecular complexity index is 267. The lowest BCUT2D eigenvalue weighted by Crippen LogP contribution is -1.92. The van der Waals surface area contributed by atoms with Gasteiger partial charge in [0.1, 0.15) is 5.71 Å². The first-order valence-corrected chi connectivity index (χ1v) is 3.95. The second-order valence-corrected chi connectivity index (χ2v) is 1.89. The van der Waals surface area contributed by atoms with Gasteiger partial charge in [0.05, 0.1) is 0 Å². The fourth-order valence-electron chi connectivity index (χ4n) is 0.688. The summed E-state index contributed by atoms with van der Waals surface area (Å²) in [6.07, 6.45) is 5.03. The highest BCUT2D eigenvalue weighted by molar-refractivity contribution is 6.10. The average molecular weight is 159 g/mol. The third-order valence-corrected chi connectivity index (χ3v) is 1.21. The van der Waals surface area contributed by atoms with E-state index in [4.69, 9.17) is 11.8 Å². The SMILES string of the molecule is C#CC(=N)c1ccccc1.CC. The fraction of sp³-hybridized carbons (Fsp3) is 0.182. The molecule has 62 valence electrons. The molecule has 0 spiro atoms. The van der Waals surface area contributed by atoms with E-state index < -0.39 is 0 Å². The van der Waals surface area contributed by atoms with E-state index >= 15 is 0 Å². The third kappa shape index (κ3) is 3.03. The van der Waals surface area contributed by atoms with Gasteiger partial charge in [0, 0.05) is 5.56 Å². The summed E-state index contributed by atoms with van der Waals surface area (Å²) in [4.78, 5) is 0. The predicted molar refractivity (Wildman–Crippen MR) is 53.5 cm³/mol. The van der Waals surface area contributed by atoms with Gasteiger partial charge in [-0.05, 0) is 0 Å². The van der Waals surface area contributed by atoms with E-state index in [0.717, 1.165) is 5.56 Å². The molecule has 0 saturated heterocycles. The van der Waals surface area contributed by atoms with Crippen molar-refractivity contribution >= 4 is 5.71 Å². The molecule has 0 unspecified atom stereocenters. The zero-order valence-corrected chi connectivity index (χ0v) is 7.46. The summed E-state index contributed by atoms with van der Waals surface area (Å²) in [5.41, 5.74) is 1.03. The van der Waals surface area contributed by atoms with Crippen molar-refractivity contribution in [3.8, 4) is 12.3 Å². The predicted octanol–water partition coefficient (Wildman–Crippen LogP) is 2.71. The quantitative estimate of drug-likeness (QED) is 0.481. The number of hydrogen-bond donors (Lipinski definition) is 1. The molecule has 0 saturated carbocycles. The lowest BCUT2D eigenvalue weighted by atomic mass is 10.1. The zero-order chi connectivity index (χ0) is 9.40. The summed E-state index contributed by atoms with van der Waals surface area (Å²) in [6, 6.07) is 9.26. The molecular formula is C11H13N. The van der Waals surface area contributed by atoms with Crippen LogP contribution in [0, 0.1) is 17.8 Å². The van der Waals surface area contributed by atoms with Crippen LogP contribution in [0.3, 0.4) is 0 Å². The van der Waals surface area contributed by atoms with Crippen molar-refractivity contribution in [2.24, 2.45) is 0 Å². The minimum absolute atomic E-state index is 0.237. The third-order valence-electron chi connectivity index (χ3n) is 1.21. The Morgan fingerprint density at radius 2 is 1.75 bits per heavy atom. The van der Waals surface area contributed by atoms with E-state index in [1.165, 1.54) is 0 Å². The highest BCUT2D eigenvalue weighted by atomic mass is 14.4. The van der Waals surface area contributed by atoms with Gasteiger partial charge < -0.3 is 0 Å². The van der Waals surface area contributed by atoms with Gasteiger partial charge >= 0.3 is 0 Å². The normalized spacial score (nSPS) is 7.42. The summed E-state index contributed by atoms with van der Waals surface area (Å²) in [5.74, 6) is 2.26. The van der Waals surface area contributed by atoms with Gasteiger partial charge in [-0.25, -0.2) is 0 Å². The largest absolute Gasteiger partial charge is 0.291 e. The molecule has 0 amide bonds. The number of nitrogens with one attached hydrogen (secondary N) is 1. The molecule has 0 aromatic heterocycles. The Kier molecular flexibility index (Phi) is 5.38. The van der Waals surface area contributed by atoms with E-state index in [2.05, 4.69) is 5.92 Å². The Morgan fingerprint density at radius 3 is 2.17 bits per heavy atom. The number of terminal acetylenes is 1. The molecule has 0 heterocycles. The molecule has 0 aliphatic rings. The molecule has 12 heavy (non-hydrogen) atoms. The van der Waals surface area contributed by atoms with Crippen LogP contribution in [0.4, 0.5) is 0 Å². The van der Waals surface area contributed by atoms with Crippen molar-refractivity contribution in [1.29, 1.82) is 5.41 Å². The van der Waals surface area contributed by atoms with Crippen LogP contribution in [0.5, 0.6) is 0 Å². The average Bonchev–Trinajstić information content (AvgIpc) is 2.21. The van der Waals surface area contributed by atoms with Crippen molar-refractivity contribution in [3.63, 3.8) is 0 Å². The van der Waals surface area contributed by atoms with Gasteiger partial charge in [-0.1, -0.05) is 50.1 Å². The maximum absolute atomic E-state index is 7.24. The standard InChI is InChI=1S/C9H7N.C2H6/c1-2-9(10)8-6-4-3-5-7-8;1-2/h1,3-7,10H;1-2H3. The Labute approximate surface area is 73.9 Å². The molecule has 1 rings (SSSR count). The highest BCUT2D eigenvalue weighted by Crippen LogP contribution is 1.97. The van der Waals surface area contributed by atoms with Crippen LogP contribution in [-0.4, -0.2) is 5.71 Å². The Morgan fingerprint density at radius 1 is 1.25 bits per heavy atom. The molecule has 1 nitrogen and oxygen atoms in total. The molecule has 0 aliphatic heterocycles. The lowest BCUT2D eigenvalue weighted by molar-refractivity contribution is 1.50. The van der Waals surface area contributed by atoms with E-state index in [0.29, 0.717) is 0 Å². The summed E-state index contributed by atoms with van der Waals surface area (Å²) in [6.45, 7) is 4.00. The number of benzene rings is 1. The number of hydrogen-bond acceptors (Lipinski definition) is 1. The molecule has 1 heteroatoms. The van der Waals surface area contributed by atoms with Crippen LogP contribution in [-0.2, 0) is 0 Å². The van der Waals surface area contributed by atoms with E-state index in [1.807, 2.05) is 44.2 Å². The topological polar surface area (TPSA) is 23.9 Å². The van der Waals surface area contributed by atoms with Crippen molar-refractivity contribution in [2.45, 2.75) is 13.8 Å². The maximum Gasteiger partial charge on any atom is 0.111 e. The van der Waals surface area contributed by atoms with Gasteiger partial charge in [0.15, 0.2) is 0 Å². The molecule has 1 N–H and O–H groups in total. The summed E-state index contributed by atoms with van der Waals surface area (Å²) in [7, 11) is 0. The second kappa shape index (κ2) is 6.18. The monoisotopic (exact) mass is 159 g/mol. The van der Waals surface area contributed by atoms with Gasteiger partial charge in [0.2, 0.25) is 0 Å². The minimum atomic E-state index is 0.237. The van der Waals surface area contributed by atoms with Crippen LogP contribution in [0.2, 0.25) is 0 Å². The highest BCUT2D eigenvalue weighted by Gasteiger charge is 1.92. The molecule has 0 radical (unpaired) electrons. The Balaban J connectivity index is 0.000000561. The fourth-order valence-corrected chi connectivity index (χ4v) is 0.688. The summed E-state index contributed by atoms with van der Waals surface area (Å²) < 4.78 is 0. The first-order chi connectivity index (χ1) is 5.84. The molecule has 1 aromatic carbocycles. The van der Waals surface area contributed by atoms with Gasteiger partial charge in [0.25, 0.3) is 0 Å². The first kappa shape index (κ1) is 10.4. The van der Waals surface area contributed by atoms with Gasteiger partial charge in [-0.15, -0.1) is 6.42 Å². The maximum atomic E-state index is 7.24. The van der Waals surface area contributed by atoms with E-state index in [1.54, 1.807) is 0 Å². The van der Waals surface area contributed by atoms with Gasteiger partial charge in [-0.2, -0.15) is 0 Å². The van der Waals surface area contributed by atoms with Crippen LogP contribution in [0.25, 0.3) is 0 Å². The molecule has 0 atom stereocenters. The zero-order valence-electron chi connectivity index (χ0n) is 7.46. The Hall–Kier alpha value is -1.55. The molecule has 0 bridgehead atoms. The number of rotatable bonds is 1. The van der Waals surface area contributed by atoms with Crippen molar-refractivity contribution in [2.75, 3.05) is 0 Å². The van der Waals surface area contributed by atoms with E-state index in [9.17, 15) is 0 Å². The molecular weight excluding hydrogens is 146 g/mol. The van der Waals surface area contributed by atoms with Crippen molar-refractivity contribution in [1.82, 2.24) is 0 Å². The van der Waals surface area contributed by atoms with E-state index in [-0.39, 0.29) is 5.71 Å². The summed E-state index contributed by atoms with van der Waals surface area (Å²) >= 11 is 0. The molecule has 0 fully saturated rings. The smallest absolute Gasteiger partial charge is 0.111 e. The van der Waals surface area contributed by atoms with Crippen molar-refractivity contribution in [3.05, 3.63) is 35.9 Å². The van der Waals surface area contributed by atoms with Crippen LogP contribution >= 0.6 is 0 Å². The lowest BCUT2D eigenvalue weighted by Gasteiger charge is -1.92.